The van der Waals surface area contributed by atoms with Gasteiger partial charge in [0.1, 0.15) is 10.8 Å². The van der Waals surface area contributed by atoms with Crippen LogP contribution in [0.5, 0.6) is 0 Å². The number of halogens is 1. The summed E-state index contributed by atoms with van der Waals surface area (Å²) in [5.74, 6) is -0.199. The van der Waals surface area contributed by atoms with E-state index < -0.39 is 0 Å². The van der Waals surface area contributed by atoms with E-state index in [1.807, 2.05) is 0 Å². The molecule has 0 radical (unpaired) electrons. The average molecular weight is 331 g/mol. The predicted octanol–water partition coefficient (Wildman–Crippen LogP) is 3.52. The Morgan fingerprint density at radius 2 is 1.96 bits per heavy atom. The quantitative estimate of drug-likeness (QED) is 0.933. The van der Waals surface area contributed by atoms with E-state index in [2.05, 4.69) is 15.6 Å². The van der Waals surface area contributed by atoms with Crippen molar-refractivity contribution in [3.8, 4) is 10.6 Å². The van der Waals surface area contributed by atoms with Gasteiger partial charge in [-0.05, 0) is 68.6 Å². The standard InChI is InChI=1S/C18H22FN3S/c19-15-3-1-14(2-4-15)17-21-16(12-23-17)11-22-10-7-18(13-22)5-8-20-9-6-18/h1-4,12,20H,5-11,13H2. The molecule has 0 saturated carbocycles. The van der Waals surface area contributed by atoms with E-state index in [1.54, 1.807) is 23.5 Å². The summed E-state index contributed by atoms with van der Waals surface area (Å²) in [6, 6.07) is 6.60. The van der Waals surface area contributed by atoms with Crippen molar-refractivity contribution in [1.82, 2.24) is 15.2 Å². The van der Waals surface area contributed by atoms with Crippen LogP contribution in [-0.2, 0) is 6.54 Å². The SMILES string of the molecule is Fc1ccc(-c2nc(CN3CCC4(CCNCC4)C3)cs2)cc1. The average Bonchev–Trinajstić information content (AvgIpc) is 3.17. The minimum atomic E-state index is -0.199. The molecule has 0 amide bonds. The van der Waals surface area contributed by atoms with Gasteiger partial charge in [0, 0.05) is 24.0 Å². The number of likely N-dealkylation sites (tertiary alicyclic amines) is 1. The molecule has 1 aromatic carbocycles. The van der Waals surface area contributed by atoms with Crippen LogP contribution in [0.4, 0.5) is 4.39 Å². The summed E-state index contributed by atoms with van der Waals surface area (Å²) in [6.45, 7) is 5.66. The van der Waals surface area contributed by atoms with Crippen LogP contribution in [0.25, 0.3) is 10.6 Å². The molecule has 2 aliphatic heterocycles. The zero-order valence-electron chi connectivity index (χ0n) is 13.2. The van der Waals surface area contributed by atoms with Crippen molar-refractivity contribution < 1.29 is 4.39 Å². The van der Waals surface area contributed by atoms with Gasteiger partial charge in [0.05, 0.1) is 5.69 Å². The molecule has 0 aliphatic carbocycles. The van der Waals surface area contributed by atoms with E-state index in [4.69, 9.17) is 4.98 Å². The second-order valence-electron chi connectivity index (χ2n) is 6.86. The Morgan fingerprint density at radius 1 is 1.17 bits per heavy atom. The van der Waals surface area contributed by atoms with Crippen LogP contribution in [0.1, 0.15) is 25.0 Å². The molecular weight excluding hydrogens is 309 g/mol. The molecule has 3 heterocycles. The molecule has 122 valence electrons. The van der Waals surface area contributed by atoms with Crippen LogP contribution in [0.2, 0.25) is 0 Å². The van der Waals surface area contributed by atoms with Gasteiger partial charge in [-0.1, -0.05) is 0 Å². The molecule has 5 heteroatoms. The van der Waals surface area contributed by atoms with Crippen LogP contribution in [0.3, 0.4) is 0 Å². The molecule has 0 bridgehead atoms. The fraction of sp³-hybridized carbons (Fsp3) is 0.500. The largest absolute Gasteiger partial charge is 0.317 e. The lowest BCUT2D eigenvalue weighted by molar-refractivity contribution is 0.193. The first-order chi connectivity index (χ1) is 11.2. The summed E-state index contributed by atoms with van der Waals surface area (Å²) < 4.78 is 13.0. The van der Waals surface area contributed by atoms with Gasteiger partial charge in [0.2, 0.25) is 0 Å². The summed E-state index contributed by atoms with van der Waals surface area (Å²) in [5.41, 5.74) is 2.68. The van der Waals surface area contributed by atoms with E-state index in [9.17, 15) is 4.39 Å². The normalized spacial score (nSPS) is 21.1. The lowest BCUT2D eigenvalue weighted by atomic mass is 9.78. The highest BCUT2D eigenvalue weighted by Crippen LogP contribution is 2.39. The number of benzene rings is 1. The van der Waals surface area contributed by atoms with Crippen LogP contribution in [0, 0.1) is 11.2 Å². The van der Waals surface area contributed by atoms with E-state index in [0.717, 1.165) is 22.8 Å². The molecule has 2 aromatic rings. The topological polar surface area (TPSA) is 28.2 Å². The number of aromatic nitrogens is 1. The smallest absolute Gasteiger partial charge is 0.123 e. The molecule has 3 nitrogen and oxygen atoms in total. The molecule has 2 saturated heterocycles. The highest BCUT2D eigenvalue weighted by atomic mass is 32.1. The van der Waals surface area contributed by atoms with Crippen LogP contribution >= 0.6 is 11.3 Å². The minimum absolute atomic E-state index is 0.199. The molecule has 2 aliphatic rings. The van der Waals surface area contributed by atoms with Crippen molar-refractivity contribution in [2.24, 2.45) is 5.41 Å². The summed E-state index contributed by atoms with van der Waals surface area (Å²) >= 11 is 1.65. The summed E-state index contributed by atoms with van der Waals surface area (Å²) in [4.78, 5) is 7.30. The van der Waals surface area contributed by atoms with Crippen molar-refractivity contribution in [2.45, 2.75) is 25.8 Å². The molecule has 2 fully saturated rings. The third kappa shape index (κ3) is 3.32. The molecule has 4 rings (SSSR count). The maximum Gasteiger partial charge on any atom is 0.123 e. The first kappa shape index (κ1) is 15.2. The molecule has 23 heavy (non-hydrogen) atoms. The number of piperidine rings is 1. The molecule has 1 spiro atoms. The van der Waals surface area contributed by atoms with Crippen molar-refractivity contribution in [3.05, 3.63) is 41.2 Å². The van der Waals surface area contributed by atoms with Gasteiger partial charge >= 0.3 is 0 Å². The zero-order valence-corrected chi connectivity index (χ0v) is 14.0. The van der Waals surface area contributed by atoms with Gasteiger partial charge in [-0.3, -0.25) is 4.90 Å². The Hall–Kier alpha value is -1.30. The zero-order chi connectivity index (χ0) is 15.7. The predicted molar refractivity (Wildman–Crippen MR) is 91.9 cm³/mol. The molecule has 1 N–H and O–H groups in total. The maximum atomic E-state index is 13.0. The van der Waals surface area contributed by atoms with Crippen molar-refractivity contribution in [3.63, 3.8) is 0 Å². The maximum absolute atomic E-state index is 13.0. The minimum Gasteiger partial charge on any atom is -0.317 e. The molecule has 0 unspecified atom stereocenters. The Bertz CT molecular complexity index is 661. The van der Waals surface area contributed by atoms with Crippen LogP contribution in [0.15, 0.2) is 29.6 Å². The lowest BCUT2D eigenvalue weighted by Crippen LogP contribution is -2.38. The molecular formula is C18H22FN3S. The number of rotatable bonds is 3. The van der Waals surface area contributed by atoms with E-state index >= 15 is 0 Å². The number of hydrogen-bond donors (Lipinski definition) is 1. The lowest BCUT2D eigenvalue weighted by Gasteiger charge is -2.33. The number of hydrogen-bond acceptors (Lipinski definition) is 4. The number of thiazole rings is 1. The first-order valence-corrected chi connectivity index (χ1v) is 9.24. The fourth-order valence-corrected chi connectivity index (χ4v) is 4.68. The van der Waals surface area contributed by atoms with Gasteiger partial charge in [0.15, 0.2) is 0 Å². The van der Waals surface area contributed by atoms with E-state index in [-0.39, 0.29) is 5.82 Å². The van der Waals surface area contributed by atoms with Crippen molar-refractivity contribution in [1.29, 1.82) is 0 Å². The Balaban J connectivity index is 1.41. The highest BCUT2D eigenvalue weighted by Gasteiger charge is 2.38. The summed E-state index contributed by atoms with van der Waals surface area (Å²) in [6.07, 6.45) is 3.94. The number of nitrogens with zero attached hydrogens (tertiary/aromatic N) is 2. The van der Waals surface area contributed by atoms with Gasteiger partial charge in [-0.15, -0.1) is 11.3 Å². The van der Waals surface area contributed by atoms with E-state index in [0.29, 0.717) is 5.41 Å². The Morgan fingerprint density at radius 3 is 2.74 bits per heavy atom. The Labute approximate surface area is 140 Å². The van der Waals surface area contributed by atoms with Gasteiger partial charge in [0.25, 0.3) is 0 Å². The van der Waals surface area contributed by atoms with E-state index in [1.165, 1.54) is 57.6 Å². The van der Waals surface area contributed by atoms with Gasteiger partial charge in [-0.2, -0.15) is 0 Å². The second kappa shape index (κ2) is 6.30. The summed E-state index contributed by atoms with van der Waals surface area (Å²) in [7, 11) is 0. The molecule has 0 atom stereocenters. The highest BCUT2D eigenvalue weighted by molar-refractivity contribution is 7.13. The monoisotopic (exact) mass is 331 g/mol. The summed E-state index contributed by atoms with van der Waals surface area (Å²) in [5, 5.41) is 6.60. The van der Waals surface area contributed by atoms with Crippen LogP contribution < -0.4 is 5.32 Å². The van der Waals surface area contributed by atoms with Gasteiger partial charge in [-0.25, -0.2) is 9.37 Å². The van der Waals surface area contributed by atoms with Crippen LogP contribution in [-0.4, -0.2) is 36.1 Å². The third-order valence-electron chi connectivity index (χ3n) is 5.21. The number of nitrogens with one attached hydrogen (secondary N) is 1. The Kier molecular flexibility index (Phi) is 4.18. The first-order valence-electron chi connectivity index (χ1n) is 8.36. The third-order valence-corrected chi connectivity index (χ3v) is 6.15. The van der Waals surface area contributed by atoms with Crippen molar-refractivity contribution in [2.75, 3.05) is 26.2 Å². The van der Waals surface area contributed by atoms with Crippen molar-refractivity contribution >= 4 is 11.3 Å². The fourth-order valence-electron chi connectivity index (χ4n) is 3.86. The van der Waals surface area contributed by atoms with Gasteiger partial charge < -0.3 is 5.32 Å². The second-order valence-corrected chi connectivity index (χ2v) is 7.72. The molecule has 1 aromatic heterocycles.